The molecule has 1 aliphatic carbocycles. The van der Waals surface area contributed by atoms with E-state index in [0.29, 0.717) is 47.6 Å². The molecule has 2 aromatic heterocycles. The fourth-order valence-corrected chi connectivity index (χ4v) is 9.33. The minimum atomic E-state index is -0.607. The van der Waals surface area contributed by atoms with Crippen LogP contribution in [-0.4, -0.2) is 92.0 Å². The molecule has 1 saturated carbocycles. The maximum Gasteiger partial charge on any atom is 0.410 e. The summed E-state index contributed by atoms with van der Waals surface area (Å²) in [5.74, 6) is -0.474. The van der Waals surface area contributed by atoms with Gasteiger partial charge in [0.2, 0.25) is 0 Å². The van der Waals surface area contributed by atoms with Crippen LogP contribution in [0.2, 0.25) is 5.02 Å². The lowest BCUT2D eigenvalue weighted by Gasteiger charge is -2.61. The van der Waals surface area contributed by atoms with Crippen LogP contribution >= 0.6 is 11.6 Å². The van der Waals surface area contributed by atoms with Crippen LogP contribution in [0.15, 0.2) is 60.8 Å². The van der Waals surface area contributed by atoms with Crippen LogP contribution in [0.1, 0.15) is 122 Å². The number of aromatic nitrogens is 2. The number of Topliss-reactive ketones (excluding diaryl/α,β-unsaturated/α-hetero) is 1. The number of halogens is 1. The molecule has 1 N–H and O–H groups in total. The second kappa shape index (κ2) is 18.0. The Balaban J connectivity index is 0.980. The molecule has 3 aliphatic rings. The van der Waals surface area contributed by atoms with Crippen LogP contribution in [0.25, 0.3) is 11.1 Å². The van der Waals surface area contributed by atoms with Crippen LogP contribution in [-0.2, 0) is 35.4 Å². The number of anilines is 1. The number of nitrogens with zero attached hydrogens (tertiary/aromatic N) is 5. The van der Waals surface area contributed by atoms with Crippen LogP contribution in [0.4, 0.5) is 15.3 Å². The van der Waals surface area contributed by atoms with Crippen molar-refractivity contribution < 1.29 is 28.7 Å². The first-order valence-electron chi connectivity index (χ1n) is 22.1. The molecule has 7 rings (SSSR count). The molecule has 0 radical (unpaired) electrons. The van der Waals surface area contributed by atoms with Crippen molar-refractivity contribution in [2.45, 2.75) is 125 Å². The molecule has 2 aliphatic heterocycles. The number of aryl methyl sites for hydroxylation is 1. The number of nitrogens with one attached hydrogen (secondary N) is 1. The second-order valence-corrected chi connectivity index (χ2v) is 20.0. The summed E-state index contributed by atoms with van der Waals surface area (Å²) in [6, 6.07) is 17.1. The topological polar surface area (TPSA) is 134 Å². The van der Waals surface area contributed by atoms with Crippen molar-refractivity contribution in [1.82, 2.24) is 24.7 Å². The van der Waals surface area contributed by atoms with E-state index in [2.05, 4.69) is 22.1 Å². The summed E-state index contributed by atoms with van der Waals surface area (Å²) in [6.07, 6.45) is 4.83. The summed E-state index contributed by atoms with van der Waals surface area (Å²) in [4.78, 5) is 68.0. The van der Waals surface area contributed by atoms with E-state index in [4.69, 9.17) is 26.1 Å². The number of likely N-dealkylation sites (tertiary alicyclic amines) is 1. The van der Waals surface area contributed by atoms with E-state index in [0.717, 1.165) is 78.8 Å². The van der Waals surface area contributed by atoms with Gasteiger partial charge in [-0.15, -0.1) is 0 Å². The van der Waals surface area contributed by atoms with Crippen molar-refractivity contribution in [3.63, 3.8) is 0 Å². The Hall–Kier alpha value is -5.33. The lowest BCUT2D eigenvalue weighted by Crippen LogP contribution is -2.68. The number of benzene rings is 2. The highest BCUT2D eigenvalue weighted by molar-refractivity contribution is 6.34. The molecule has 0 unspecified atom stereocenters. The second-order valence-electron chi connectivity index (χ2n) is 19.6. The number of carbonyl (C=O) groups excluding carboxylic acids is 4. The summed E-state index contributed by atoms with van der Waals surface area (Å²) in [7, 11) is 0. The highest BCUT2D eigenvalue weighted by Crippen LogP contribution is 2.51. The van der Waals surface area contributed by atoms with Crippen molar-refractivity contribution in [2.75, 3.05) is 31.5 Å². The summed E-state index contributed by atoms with van der Waals surface area (Å²) in [5, 5.41) is 3.48. The summed E-state index contributed by atoms with van der Waals surface area (Å²) in [6.45, 7) is 21.2. The van der Waals surface area contributed by atoms with Crippen molar-refractivity contribution in [3.8, 4) is 11.1 Å². The third-order valence-electron chi connectivity index (χ3n) is 12.2. The lowest BCUT2D eigenvalue weighted by molar-refractivity contribution is -0.110. The highest BCUT2D eigenvalue weighted by Gasteiger charge is 2.56. The molecule has 0 bridgehead atoms. The fraction of sp³-hybridized carbons (Fsp3) is 0.480. The summed E-state index contributed by atoms with van der Waals surface area (Å²) in [5.41, 5.74) is 7.49. The molecule has 4 heterocycles. The Morgan fingerprint density at radius 2 is 1.62 bits per heavy atom. The number of fused-ring (bicyclic) bond motifs is 1. The van der Waals surface area contributed by atoms with Crippen LogP contribution in [0.3, 0.4) is 0 Å². The maximum absolute atomic E-state index is 13.9. The molecule has 2 aromatic carbocycles. The van der Waals surface area contributed by atoms with Gasteiger partial charge in [-0.2, -0.15) is 0 Å². The molecule has 1 spiro atoms. The van der Waals surface area contributed by atoms with Gasteiger partial charge in [0.15, 0.2) is 5.78 Å². The summed E-state index contributed by atoms with van der Waals surface area (Å²) < 4.78 is 11.1. The molecule has 12 nitrogen and oxygen atoms in total. The minimum Gasteiger partial charge on any atom is -0.444 e. The van der Waals surface area contributed by atoms with E-state index in [1.165, 1.54) is 5.56 Å². The minimum absolute atomic E-state index is 0.0893. The van der Waals surface area contributed by atoms with Crippen molar-refractivity contribution in [1.29, 1.82) is 0 Å². The predicted molar refractivity (Wildman–Crippen MR) is 245 cm³/mol. The lowest BCUT2D eigenvalue weighted by atomic mass is 9.60. The average Bonchev–Trinajstić information content (AvgIpc) is 3.17. The molecule has 2 fully saturated rings. The number of pyridine rings is 2. The molecular formula is C50H61ClN6O6. The van der Waals surface area contributed by atoms with Gasteiger partial charge in [-0.05, 0) is 133 Å². The molecule has 13 heteroatoms. The van der Waals surface area contributed by atoms with Gasteiger partial charge in [-0.1, -0.05) is 54.9 Å². The third-order valence-corrected chi connectivity index (χ3v) is 12.6. The van der Waals surface area contributed by atoms with E-state index in [1.54, 1.807) is 23.2 Å². The Kier molecular flexibility index (Phi) is 13.1. The molecule has 0 atom stereocenters. The Labute approximate surface area is 376 Å². The first kappa shape index (κ1) is 45.7. The molecule has 4 aromatic rings. The normalized spacial score (nSPS) is 16.1. The van der Waals surface area contributed by atoms with Gasteiger partial charge >= 0.3 is 12.2 Å². The van der Waals surface area contributed by atoms with E-state index < -0.39 is 17.3 Å². The van der Waals surface area contributed by atoms with Crippen LogP contribution < -0.4 is 5.32 Å². The third kappa shape index (κ3) is 10.6. The number of amides is 3. The van der Waals surface area contributed by atoms with Crippen molar-refractivity contribution in [2.24, 2.45) is 5.41 Å². The zero-order valence-electron chi connectivity index (χ0n) is 38.2. The number of ketones is 1. The smallest absolute Gasteiger partial charge is 0.410 e. The van der Waals surface area contributed by atoms with Crippen LogP contribution in [0.5, 0.6) is 0 Å². The van der Waals surface area contributed by atoms with E-state index in [1.807, 2.05) is 103 Å². The summed E-state index contributed by atoms with van der Waals surface area (Å²) >= 11 is 7.10. The molecule has 63 heavy (non-hydrogen) atoms. The van der Waals surface area contributed by atoms with Crippen molar-refractivity contribution in [3.05, 3.63) is 111 Å². The molecule has 334 valence electrons. The quantitative estimate of drug-likeness (QED) is 0.146. The first-order chi connectivity index (χ1) is 29.7. The number of ether oxygens (including phenoxy) is 2. The Bertz CT molecular complexity index is 2390. The molecular weight excluding hydrogens is 816 g/mol. The zero-order chi connectivity index (χ0) is 45.4. The van der Waals surface area contributed by atoms with Crippen molar-refractivity contribution >= 4 is 41.2 Å². The van der Waals surface area contributed by atoms with Gasteiger partial charge in [0.1, 0.15) is 22.6 Å². The van der Waals surface area contributed by atoms with Gasteiger partial charge in [0.05, 0.1) is 17.3 Å². The Morgan fingerprint density at radius 1 is 0.921 bits per heavy atom. The van der Waals surface area contributed by atoms with Gasteiger partial charge in [-0.3, -0.25) is 19.5 Å². The standard InChI is InChI=1S/C50H61ClN6O6/c1-10-20-56(46(60)62-48(4,5)6)27-33-17-18-40(52-26-33)45(59)54-39-16-12-14-37(32(39)3)38-15-11-13-34(44(38)51)23-43(58)41-22-31(2)36-19-21-55(28-42(36)53-41)35-24-50(25-35)29-57(30-50)47(61)63-49(7,8)9/h11-18,22,26,35H,10,19-21,23-25,27-30H2,1-9H3,(H,54,59). The first-order valence-corrected chi connectivity index (χ1v) is 22.5. The fourth-order valence-electron chi connectivity index (χ4n) is 9.03. The number of carbonyl (C=O) groups is 4. The average molecular weight is 878 g/mol. The van der Waals surface area contributed by atoms with Crippen LogP contribution in [0, 0.1) is 19.3 Å². The molecule has 1 saturated heterocycles. The van der Waals surface area contributed by atoms with Gasteiger partial charge in [-0.25, -0.2) is 14.6 Å². The highest BCUT2D eigenvalue weighted by atomic mass is 35.5. The number of hydrogen-bond acceptors (Lipinski definition) is 9. The van der Waals surface area contributed by atoms with E-state index in [-0.39, 0.29) is 35.3 Å². The number of rotatable bonds is 11. The predicted octanol–water partition coefficient (Wildman–Crippen LogP) is 10.00. The van der Waals surface area contributed by atoms with Gasteiger partial charge in [0.25, 0.3) is 5.91 Å². The SMILES string of the molecule is CCCN(Cc1ccc(C(=O)Nc2cccc(-c3cccc(CC(=O)c4cc(C)c5c(n4)CN(C4CC6(C4)CN(C(=O)OC(C)(C)C)C6)CC5)c3Cl)c2C)nc1)C(=O)OC(C)(C)C. The van der Waals surface area contributed by atoms with E-state index in [9.17, 15) is 19.2 Å². The van der Waals surface area contributed by atoms with Gasteiger partial charge in [0, 0.05) is 68.0 Å². The zero-order valence-corrected chi connectivity index (χ0v) is 38.9. The van der Waals surface area contributed by atoms with Gasteiger partial charge < -0.3 is 24.6 Å². The van der Waals surface area contributed by atoms with E-state index >= 15 is 0 Å². The maximum atomic E-state index is 13.9. The monoisotopic (exact) mass is 876 g/mol. The molecule has 3 amide bonds. The largest absolute Gasteiger partial charge is 0.444 e. The number of hydrogen-bond donors (Lipinski definition) is 1. The Morgan fingerprint density at radius 3 is 2.29 bits per heavy atom.